The second-order valence-electron chi connectivity index (χ2n) is 8.66. The Balaban J connectivity index is 1.39. The van der Waals surface area contributed by atoms with Gasteiger partial charge in [-0.25, -0.2) is 9.48 Å². The standard InChI is InChI=1S/C26H27Cl2N3O5/c27-19-11-10-18(12-20(19)28)16-36-25-13-22(26(33)34)30-31(25)14-24(32)29-21-8-4-5-9-23(21)35-15-17-6-2-1-3-7-17/h1-3,6-7,10-13,21,23H,4-5,8-9,14-16H2,(H,29,32)(H,33,34). The van der Waals surface area contributed by atoms with Crippen LogP contribution < -0.4 is 10.1 Å². The molecule has 10 heteroatoms. The lowest BCUT2D eigenvalue weighted by Gasteiger charge is -2.32. The minimum absolute atomic E-state index is 0.0968. The first kappa shape index (κ1) is 26.0. The van der Waals surface area contributed by atoms with Crippen LogP contribution in [-0.4, -0.2) is 38.9 Å². The van der Waals surface area contributed by atoms with Crippen LogP contribution in [0, 0.1) is 0 Å². The van der Waals surface area contributed by atoms with Gasteiger partial charge in [0.15, 0.2) is 5.69 Å². The first-order valence-electron chi connectivity index (χ1n) is 11.7. The van der Waals surface area contributed by atoms with Crippen molar-refractivity contribution in [1.29, 1.82) is 0 Å². The number of benzene rings is 2. The van der Waals surface area contributed by atoms with Gasteiger partial charge in [0, 0.05) is 6.07 Å². The third-order valence-electron chi connectivity index (χ3n) is 5.98. The van der Waals surface area contributed by atoms with Crippen LogP contribution in [0.15, 0.2) is 54.6 Å². The molecular formula is C26H27Cl2N3O5. The summed E-state index contributed by atoms with van der Waals surface area (Å²) in [5, 5.41) is 17.3. The average molecular weight is 532 g/mol. The van der Waals surface area contributed by atoms with Crippen molar-refractivity contribution in [1.82, 2.24) is 15.1 Å². The molecule has 0 spiro atoms. The number of carbonyl (C=O) groups is 2. The second-order valence-corrected chi connectivity index (χ2v) is 9.48. The fraction of sp³-hybridized carbons (Fsp3) is 0.346. The second kappa shape index (κ2) is 12.3. The highest BCUT2D eigenvalue weighted by Crippen LogP contribution is 2.25. The molecule has 1 saturated carbocycles. The third-order valence-corrected chi connectivity index (χ3v) is 6.72. The van der Waals surface area contributed by atoms with Crippen LogP contribution in [0.2, 0.25) is 10.0 Å². The molecule has 1 fully saturated rings. The summed E-state index contributed by atoms with van der Waals surface area (Å²) in [7, 11) is 0. The van der Waals surface area contributed by atoms with E-state index in [9.17, 15) is 14.7 Å². The molecule has 2 N–H and O–H groups in total. The highest BCUT2D eigenvalue weighted by Gasteiger charge is 2.28. The van der Waals surface area contributed by atoms with Crippen molar-refractivity contribution in [3.8, 4) is 5.88 Å². The SMILES string of the molecule is O=C(Cn1nc(C(=O)O)cc1OCc1ccc(Cl)c(Cl)c1)NC1CCCCC1OCc1ccccc1. The predicted molar refractivity (Wildman–Crippen MR) is 135 cm³/mol. The first-order valence-corrected chi connectivity index (χ1v) is 12.5. The number of carbonyl (C=O) groups excluding carboxylic acids is 1. The molecule has 8 nitrogen and oxygen atoms in total. The van der Waals surface area contributed by atoms with Crippen LogP contribution in [0.25, 0.3) is 0 Å². The van der Waals surface area contributed by atoms with Crippen molar-refractivity contribution in [2.45, 2.75) is 57.6 Å². The van der Waals surface area contributed by atoms with E-state index in [4.69, 9.17) is 32.7 Å². The van der Waals surface area contributed by atoms with Crippen LogP contribution in [0.4, 0.5) is 0 Å². The number of aromatic nitrogens is 2. The fourth-order valence-corrected chi connectivity index (χ4v) is 4.47. The summed E-state index contributed by atoms with van der Waals surface area (Å²) in [6.45, 7) is 0.388. The number of nitrogens with zero attached hydrogens (tertiary/aromatic N) is 2. The van der Waals surface area contributed by atoms with Crippen molar-refractivity contribution in [3.63, 3.8) is 0 Å². The van der Waals surface area contributed by atoms with E-state index in [0.717, 1.165) is 36.8 Å². The highest BCUT2D eigenvalue weighted by molar-refractivity contribution is 6.42. The van der Waals surface area contributed by atoms with Gasteiger partial charge in [-0.2, -0.15) is 5.10 Å². The number of hydrogen-bond donors (Lipinski definition) is 2. The van der Waals surface area contributed by atoms with E-state index in [-0.39, 0.29) is 42.8 Å². The number of nitrogens with one attached hydrogen (secondary N) is 1. The summed E-state index contributed by atoms with van der Waals surface area (Å²) >= 11 is 12.0. The third kappa shape index (κ3) is 7.00. The van der Waals surface area contributed by atoms with E-state index >= 15 is 0 Å². The molecular weight excluding hydrogens is 505 g/mol. The van der Waals surface area contributed by atoms with Crippen LogP contribution in [0.5, 0.6) is 5.88 Å². The van der Waals surface area contributed by atoms with Gasteiger partial charge >= 0.3 is 5.97 Å². The van der Waals surface area contributed by atoms with Crippen LogP contribution in [0.1, 0.15) is 47.3 Å². The number of hydrogen-bond acceptors (Lipinski definition) is 5. The number of amides is 1. The quantitative estimate of drug-likeness (QED) is 0.376. The molecule has 1 amide bonds. The van der Waals surface area contributed by atoms with Gasteiger partial charge in [0.05, 0.1) is 28.8 Å². The van der Waals surface area contributed by atoms with Crippen molar-refractivity contribution >= 4 is 35.1 Å². The molecule has 1 aromatic heterocycles. The molecule has 0 saturated heterocycles. The van der Waals surface area contributed by atoms with Crippen molar-refractivity contribution in [3.05, 3.63) is 81.5 Å². The van der Waals surface area contributed by atoms with Crippen LogP contribution >= 0.6 is 23.2 Å². The smallest absolute Gasteiger partial charge is 0.356 e. The van der Waals surface area contributed by atoms with Gasteiger partial charge in [-0.05, 0) is 36.1 Å². The number of carboxylic acids is 1. The Hall–Kier alpha value is -3.07. The Morgan fingerprint density at radius 1 is 1.00 bits per heavy atom. The van der Waals surface area contributed by atoms with E-state index in [1.54, 1.807) is 18.2 Å². The molecule has 0 aliphatic heterocycles. The molecule has 3 aromatic rings. The summed E-state index contributed by atoms with van der Waals surface area (Å²) in [5.74, 6) is -1.35. The zero-order valence-electron chi connectivity index (χ0n) is 19.5. The molecule has 2 aromatic carbocycles. The molecule has 4 rings (SSSR count). The predicted octanol–water partition coefficient (Wildman–Crippen LogP) is 5.11. The Morgan fingerprint density at radius 3 is 2.53 bits per heavy atom. The van der Waals surface area contributed by atoms with Gasteiger partial charge in [0.2, 0.25) is 11.8 Å². The number of rotatable bonds is 10. The molecule has 0 bridgehead atoms. The van der Waals surface area contributed by atoms with E-state index in [0.29, 0.717) is 16.7 Å². The zero-order chi connectivity index (χ0) is 25.5. The maximum Gasteiger partial charge on any atom is 0.356 e. The largest absolute Gasteiger partial charge is 0.476 e. The van der Waals surface area contributed by atoms with Gasteiger partial charge in [-0.15, -0.1) is 0 Å². The molecule has 2 atom stereocenters. The van der Waals surface area contributed by atoms with Crippen molar-refractivity contribution in [2.75, 3.05) is 0 Å². The summed E-state index contributed by atoms with van der Waals surface area (Å²) in [5.41, 5.74) is 1.60. The molecule has 36 heavy (non-hydrogen) atoms. The Bertz CT molecular complexity index is 1200. The van der Waals surface area contributed by atoms with Crippen LogP contribution in [-0.2, 0) is 29.3 Å². The van der Waals surface area contributed by atoms with Crippen molar-refractivity contribution in [2.24, 2.45) is 0 Å². The number of carboxylic acid groups (broad SMARTS) is 1. The van der Waals surface area contributed by atoms with E-state index in [2.05, 4.69) is 10.4 Å². The normalized spacial score (nSPS) is 17.5. The summed E-state index contributed by atoms with van der Waals surface area (Å²) in [4.78, 5) is 24.4. The summed E-state index contributed by atoms with van der Waals surface area (Å²) in [6, 6.07) is 16.1. The lowest BCUT2D eigenvalue weighted by atomic mass is 9.92. The zero-order valence-corrected chi connectivity index (χ0v) is 21.0. The highest BCUT2D eigenvalue weighted by atomic mass is 35.5. The molecule has 1 aliphatic carbocycles. The van der Waals surface area contributed by atoms with Gasteiger partial charge in [0.25, 0.3) is 0 Å². The molecule has 0 radical (unpaired) electrons. The maximum absolute atomic E-state index is 12.9. The summed E-state index contributed by atoms with van der Waals surface area (Å²) < 4.78 is 13.2. The maximum atomic E-state index is 12.9. The Morgan fingerprint density at radius 2 is 1.78 bits per heavy atom. The van der Waals surface area contributed by atoms with Gasteiger partial charge in [-0.3, -0.25) is 4.79 Å². The monoisotopic (exact) mass is 531 g/mol. The van der Waals surface area contributed by atoms with Gasteiger partial charge < -0.3 is 19.9 Å². The molecule has 190 valence electrons. The topological polar surface area (TPSA) is 103 Å². The Labute approximate surface area is 219 Å². The van der Waals surface area contributed by atoms with Crippen molar-refractivity contribution < 1.29 is 24.2 Å². The number of aromatic carboxylic acids is 1. The average Bonchev–Trinajstić information content (AvgIpc) is 3.27. The first-order chi connectivity index (χ1) is 17.4. The van der Waals surface area contributed by atoms with E-state index in [1.165, 1.54) is 10.7 Å². The Kier molecular flexibility index (Phi) is 8.85. The van der Waals surface area contributed by atoms with E-state index < -0.39 is 5.97 Å². The molecule has 1 heterocycles. The van der Waals surface area contributed by atoms with Crippen LogP contribution in [0.3, 0.4) is 0 Å². The number of halogens is 2. The number of ether oxygens (including phenoxy) is 2. The van der Waals surface area contributed by atoms with Gasteiger partial charge in [0.1, 0.15) is 13.2 Å². The summed E-state index contributed by atoms with van der Waals surface area (Å²) in [6.07, 6.45) is 3.62. The van der Waals surface area contributed by atoms with Gasteiger partial charge in [-0.1, -0.05) is 72.4 Å². The fourth-order valence-electron chi connectivity index (χ4n) is 4.15. The minimum atomic E-state index is -1.21. The molecule has 2 unspecified atom stereocenters. The minimum Gasteiger partial charge on any atom is -0.476 e. The molecule has 1 aliphatic rings. The lowest BCUT2D eigenvalue weighted by Crippen LogP contribution is -2.47. The lowest BCUT2D eigenvalue weighted by molar-refractivity contribution is -0.124. The van der Waals surface area contributed by atoms with E-state index in [1.807, 2.05) is 30.3 Å².